The molecule has 3 heteroatoms. The molecule has 1 aromatic carbocycles. The van der Waals surface area contributed by atoms with Crippen LogP contribution in [0.25, 0.3) is 0 Å². The number of hydrogen-bond donors (Lipinski definition) is 1. The average Bonchev–Trinajstić information content (AvgIpc) is 2.55. The second kappa shape index (κ2) is 6.50. The zero-order valence-corrected chi connectivity index (χ0v) is 13.0. The summed E-state index contributed by atoms with van der Waals surface area (Å²) in [7, 11) is 0. The first-order chi connectivity index (χ1) is 10.3. The molecule has 1 unspecified atom stereocenters. The molecule has 0 aromatic heterocycles. The van der Waals surface area contributed by atoms with E-state index in [1.165, 1.54) is 36.9 Å². The molecule has 114 valence electrons. The maximum atomic E-state index is 12.7. The van der Waals surface area contributed by atoms with E-state index in [-0.39, 0.29) is 5.92 Å². The van der Waals surface area contributed by atoms with Crippen molar-refractivity contribution in [2.75, 3.05) is 25.0 Å². The molecule has 21 heavy (non-hydrogen) atoms. The number of piperidine rings is 1. The minimum atomic E-state index is 0.114. The Balaban J connectivity index is 1.57. The quantitative estimate of drug-likeness (QED) is 0.924. The zero-order valence-electron chi connectivity index (χ0n) is 13.0. The summed E-state index contributed by atoms with van der Waals surface area (Å²) in [5.41, 5.74) is 2.48. The van der Waals surface area contributed by atoms with Crippen molar-refractivity contribution in [2.45, 2.75) is 39.0 Å². The minimum Gasteiger partial charge on any atom is -0.384 e. The fraction of sp³-hybridized carbons (Fsp3) is 0.611. The molecule has 2 aliphatic heterocycles. The number of carbonyl (C=O) groups excluding carboxylic acids is 1. The number of nitrogens with one attached hydrogen (secondary N) is 1. The van der Waals surface area contributed by atoms with Gasteiger partial charge in [-0.25, -0.2) is 0 Å². The van der Waals surface area contributed by atoms with Crippen LogP contribution in [0, 0.1) is 11.8 Å². The van der Waals surface area contributed by atoms with Crippen molar-refractivity contribution in [2.24, 2.45) is 11.8 Å². The molecule has 0 radical (unpaired) electrons. The predicted molar refractivity (Wildman–Crippen MR) is 86.3 cm³/mol. The number of carbonyl (C=O) groups is 1. The molecule has 2 heterocycles. The van der Waals surface area contributed by atoms with Crippen LogP contribution in [0.1, 0.15) is 38.2 Å². The Bertz CT molecular complexity index is 492. The van der Waals surface area contributed by atoms with E-state index in [9.17, 15) is 4.79 Å². The van der Waals surface area contributed by atoms with Gasteiger partial charge < -0.3 is 10.2 Å². The van der Waals surface area contributed by atoms with Crippen LogP contribution >= 0.6 is 0 Å². The van der Waals surface area contributed by atoms with Gasteiger partial charge in [0.2, 0.25) is 5.91 Å². The lowest BCUT2D eigenvalue weighted by atomic mass is 9.89. The summed E-state index contributed by atoms with van der Waals surface area (Å²) in [6.45, 7) is 4.96. The number of fused-ring (bicyclic) bond motifs is 1. The first-order valence-electron chi connectivity index (χ1n) is 8.38. The van der Waals surface area contributed by atoms with E-state index >= 15 is 0 Å². The summed E-state index contributed by atoms with van der Waals surface area (Å²) >= 11 is 0. The molecular weight excluding hydrogens is 260 g/mol. The number of amides is 1. The maximum absolute atomic E-state index is 12.7. The third-order valence-corrected chi connectivity index (χ3v) is 4.99. The average molecular weight is 286 g/mol. The summed E-state index contributed by atoms with van der Waals surface area (Å²) in [5.74, 6) is 1.30. The molecule has 1 fully saturated rings. The molecule has 1 amide bonds. The Labute approximate surface area is 127 Å². The minimum absolute atomic E-state index is 0.114. The molecule has 0 aliphatic carbocycles. The second-order valence-electron chi connectivity index (χ2n) is 6.50. The van der Waals surface area contributed by atoms with Crippen molar-refractivity contribution in [1.29, 1.82) is 0 Å². The normalized spacial score (nSPS) is 22.5. The van der Waals surface area contributed by atoms with Gasteiger partial charge in [-0.2, -0.15) is 0 Å². The van der Waals surface area contributed by atoms with E-state index < -0.39 is 0 Å². The van der Waals surface area contributed by atoms with Gasteiger partial charge >= 0.3 is 0 Å². The van der Waals surface area contributed by atoms with E-state index in [1.54, 1.807) is 0 Å². The summed E-state index contributed by atoms with van der Waals surface area (Å²) in [6, 6.07) is 8.34. The molecular formula is C18H26N2O. The Kier molecular flexibility index (Phi) is 4.47. The van der Waals surface area contributed by atoms with Crippen molar-refractivity contribution in [1.82, 2.24) is 4.90 Å². The highest BCUT2D eigenvalue weighted by Gasteiger charge is 2.30. The standard InChI is InChI=1S/C18H26N2O/c1-2-5-14-8-10-20(11-9-14)18(21)16-12-15-6-3-4-7-17(15)19-13-16/h3-4,6-7,14,16,19H,2,5,8-13H2,1H3. The second-order valence-corrected chi connectivity index (χ2v) is 6.50. The molecule has 1 N–H and O–H groups in total. The van der Waals surface area contributed by atoms with Crippen LogP contribution in [0.2, 0.25) is 0 Å². The highest BCUT2D eigenvalue weighted by Crippen LogP contribution is 2.27. The Morgan fingerprint density at radius 3 is 2.81 bits per heavy atom. The van der Waals surface area contributed by atoms with Crippen LogP contribution in [0.3, 0.4) is 0 Å². The van der Waals surface area contributed by atoms with Crippen LogP contribution in [-0.4, -0.2) is 30.4 Å². The topological polar surface area (TPSA) is 32.3 Å². The van der Waals surface area contributed by atoms with Gasteiger partial charge in [-0.05, 0) is 36.8 Å². The van der Waals surface area contributed by atoms with Gasteiger partial charge in [0.25, 0.3) is 0 Å². The largest absolute Gasteiger partial charge is 0.384 e. The smallest absolute Gasteiger partial charge is 0.227 e. The number of hydrogen-bond acceptors (Lipinski definition) is 2. The SMILES string of the molecule is CCCC1CCN(C(=O)C2CNc3ccccc3C2)CC1. The highest BCUT2D eigenvalue weighted by atomic mass is 16.2. The maximum Gasteiger partial charge on any atom is 0.227 e. The van der Waals surface area contributed by atoms with E-state index in [1.807, 2.05) is 6.07 Å². The number of anilines is 1. The van der Waals surface area contributed by atoms with Gasteiger partial charge in [0, 0.05) is 25.3 Å². The van der Waals surface area contributed by atoms with Gasteiger partial charge in [0.05, 0.1) is 5.92 Å². The van der Waals surface area contributed by atoms with Crippen molar-refractivity contribution >= 4 is 11.6 Å². The molecule has 2 aliphatic rings. The number of benzene rings is 1. The predicted octanol–water partition coefficient (Wildman–Crippen LogP) is 3.31. The molecule has 0 spiro atoms. The van der Waals surface area contributed by atoms with Crippen LogP contribution in [0.15, 0.2) is 24.3 Å². The number of likely N-dealkylation sites (tertiary alicyclic amines) is 1. The van der Waals surface area contributed by atoms with E-state index in [0.717, 1.165) is 32.0 Å². The van der Waals surface area contributed by atoms with Crippen LogP contribution < -0.4 is 5.32 Å². The third kappa shape index (κ3) is 3.22. The van der Waals surface area contributed by atoms with Gasteiger partial charge in [0.1, 0.15) is 0 Å². The van der Waals surface area contributed by atoms with Crippen molar-refractivity contribution in [3.8, 4) is 0 Å². The van der Waals surface area contributed by atoms with Crippen molar-refractivity contribution in [3.05, 3.63) is 29.8 Å². The molecule has 0 saturated carbocycles. The fourth-order valence-electron chi connectivity index (χ4n) is 3.72. The molecule has 1 aromatic rings. The highest BCUT2D eigenvalue weighted by molar-refractivity contribution is 5.81. The van der Waals surface area contributed by atoms with E-state index in [2.05, 4.69) is 35.3 Å². The first kappa shape index (κ1) is 14.4. The van der Waals surface area contributed by atoms with Crippen LogP contribution in [0.5, 0.6) is 0 Å². The first-order valence-corrected chi connectivity index (χ1v) is 8.38. The van der Waals surface area contributed by atoms with E-state index in [0.29, 0.717) is 5.91 Å². The lowest BCUT2D eigenvalue weighted by molar-refractivity contribution is -0.136. The Hall–Kier alpha value is -1.51. The number of nitrogens with zero attached hydrogens (tertiary/aromatic N) is 1. The molecule has 1 atom stereocenters. The van der Waals surface area contributed by atoms with E-state index in [4.69, 9.17) is 0 Å². The van der Waals surface area contributed by atoms with Crippen LogP contribution in [0.4, 0.5) is 5.69 Å². The fourth-order valence-corrected chi connectivity index (χ4v) is 3.72. The molecule has 3 nitrogen and oxygen atoms in total. The molecule has 3 rings (SSSR count). The summed E-state index contributed by atoms with van der Waals surface area (Å²) in [6.07, 6.45) is 5.85. The van der Waals surface area contributed by atoms with Gasteiger partial charge in [-0.15, -0.1) is 0 Å². The van der Waals surface area contributed by atoms with Crippen molar-refractivity contribution in [3.63, 3.8) is 0 Å². The monoisotopic (exact) mass is 286 g/mol. The zero-order chi connectivity index (χ0) is 14.7. The lowest BCUT2D eigenvalue weighted by Crippen LogP contribution is -2.45. The Morgan fingerprint density at radius 2 is 2.05 bits per heavy atom. The summed E-state index contributed by atoms with van der Waals surface area (Å²) in [4.78, 5) is 14.8. The summed E-state index contributed by atoms with van der Waals surface area (Å²) in [5, 5.41) is 3.41. The van der Waals surface area contributed by atoms with Gasteiger partial charge in [0.15, 0.2) is 0 Å². The lowest BCUT2D eigenvalue weighted by Gasteiger charge is -2.35. The Morgan fingerprint density at radius 1 is 1.29 bits per heavy atom. The van der Waals surface area contributed by atoms with Crippen molar-refractivity contribution < 1.29 is 4.79 Å². The number of para-hydroxylation sites is 1. The molecule has 1 saturated heterocycles. The van der Waals surface area contributed by atoms with Gasteiger partial charge in [-0.3, -0.25) is 4.79 Å². The third-order valence-electron chi connectivity index (χ3n) is 4.99. The molecule has 0 bridgehead atoms. The number of rotatable bonds is 3. The van der Waals surface area contributed by atoms with Gasteiger partial charge in [-0.1, -0.05) is 38.0 Å². The summed E-state index contributed by atoms with van der Waals surface area (Å²) < 4.78 is 0. The van der Waals surface area contributed by atoms with Crippen LogP contribution in [-0.2, 0) is 11.2 Å².